The van der Waals surface area contributed by atoms with Gasteiger partial charge >= 0.3 is 0 Å². The highest BCUT2D eigenvalue weighted by atomic mass is 79.9. The summed E-state index contributed by atoms with van der Waals surface area (Å²) in [5, 5.41) is 8.74. The van der Waals surface area contributed by atoms with E-state index in [9.17, 15) is 0 Å². The van der Waals surface area contributed by atoms with Crippen LogP contribution >= 0.6 is 15.9 Å². The van der Waals surface area contributed by atoms with Crippen molar-refractivity contribution in [3.63, 3.8) is 0 Å². The standard InChI is InChI=1S/C9H6BrNO2/c10-8-6(5-11)1-2-7-9(8)13-4-3-12-7/h1-2H,3-4H2. The Morgan fingerprint density at radius 2 is 2.08 bits per heavy atom. The fraction of sp³-hybridized carbons (Fsp3) is 0.222. The molecule has 1 aliphatic heterocycles. The highest BCUT2D eigenvalue weighted by Gasteiger charge is 2.17. The Hall–Kier alpha value is -1.21. The van der Waals surface area contributed by atoms with E-state index in [1.54, 1.807) is 12.1 Å². The summed E-state index contributed by atoms with van der Waals surface area (Å²) in [6.45, 7) is 1.09. The SMILES string of the molecule is N#Cc1ccc2c(c1Br)OCCO2. The van der Waals surface area contributed by atoms with E-state index >= 15 is 0 Å². The molecule has 1 aromatic rings. The van der Waals surface area contributed by atoms with Gasteiger partial charge in [-0.15, -0.1) is 0 Å². The predicted octanol–water partition coefficient (Wildman–Crippen LogP) is 2.09. The van der Waals surface area contributed by atoms with Gasteiger partial charge in [0, 0.05) is 0 Å². The Bertz CT molecular complexity index is 384. The maximum atomic E-state index is 8.74. The number of hydrogen-bond donors (Lipinski definition) is 0. The van der Waals surface area contributed by atoms with E-state index in [2.05, 4.69) is 22.0 Å². The van der Waals surface area contributed by atoms with Gasteiger partial charge in [0.15, 0.2) is 11.5 Å². The lowest BCUT2D eigenvalue weighted by Gasteiger charge is -2.19. The molecule has 2 rings (SSSR count). The van der Waals surface area contributed by atoms with Crippen LogP contribution in [0.3, 0.4) is 0 Å². The van der Waals surface area contributed by atoms with E-state index in [4.69, 9.17) is 14.7 Å². The van der Waals surface area contributed by atoms with Crippen LogP contribution in [0.4, 0.5) is 0 Å². The minimum Gasteiger partial charge on any atom is -0.486 e. The van der Waals surface area contributed by atoms with Crippen LogP contribution in [-0.2, 0) is 0 Å². The Morgan fingerprint density at radius 1 is 1.31 bits per heavy atom. The van der Waals surface area contributed by atoms with Crippen molar-refractivity contribution in [3.05, 3.63) is 22.2 Å². The summed E-state index contributed by atoms with van der Waals surface area (Å²) in [5.41, 5.74) is 0.559. The molecule has 1 heterocycles. The number of nitriles is 1. The molecule has 0 N–H and O–H groups in total. The third kappa shape index (κ3) is 1.36. The van der Waals surface area contributed by atoms with Gasteiger partial charge in [-0.2, -0.15) is 5.26 Å². The molecule has 0 saturated carbocycles. The third-order valence-electron chi connectivity index (χ3n) is 1.77. The van der Waals surface area contributed by atoms with E-state index in [1.807, 2.05) is 0 Å². The fourth-order valence-electron chi connectivity index (χ4n) is 1.17. The molecule has 13 heavy (non-hydrogen) atoms. The highest BCUT2D eigenvalue weighted by molar-refractivity contribution is 9.10. The molecule has 0 radical (unpaired) electrons. The maximum absolute atomic E-state index is 8.74. The van der Waals surface area contributed by atoms with Crippen LogP contribution in [0.5, 0.6) is 11.5 Å². The lowest BCUT2D eigenvalue weighted by atomic mass is 10.2. The second-order valence-corrected chi connectivity index (χ2v) is 3.36. The molecule has 4 heteroatoms. The number of rotatable bonds is 0. The minimum atomic E-state index is 0.528. The fourth-order valence-corrected chi connectivity index (χ4v) is 1.70. The number of nitrogens with zero attached hydrogens (tertiary/aromatic N) is 1. The van der Waals surface area contributed by atoms with Crippen molar-refractivity contribution in [2.45, 2.75) is 0 Å². The highest BCUT2D eigenvalue weighted by Crippen LogP contribution is 2.39. The number of hydrogen-bond acceptors (Lipinski definition) is 3. The molecule has 0 bridgehead atoms. The number of halogens is 1. The summed E-state index contributed by atoms with van der Waals surface area (Å²) >= 11 is 3.30. The minimum absolute atomic E-state index is 0.528. The van der Waals surface area contributed by atoms with E-state index in [0.717, 1.165) is 0 Å². The van der Waals surface area contributed by atoms with Crippen LogP contribution < -0.4 is 9.47 Å². The predicted molar refractivity (Wildman–Crippen MR) is 49.8 cm³/mol. The Labute approximate surface area is 84.0 Å². The second-order valence-electron chi connectivity index (χ2n) is 2.56. The molecule has 0 fully saturated rings. The quantitative estimate of drug-likeness (QED) is 0.697. The summed E-state index contributed by atoms with van der Waals surface area (Å²) in [4.78, 5) is 0. The lowest BCUT2D eigenvalue weighted by Crippen LogP contribution is -2.15. The largest absolute Gasteiger partial charge is 0.486 e. The summed E-state index contributed by atoms with van der Waals surface area (Å²) in [7, 11) is 0. The molecular formula is C9H6BrNO2. The third-order valence-corrected chi connectivity index (χ3v) is 2.56. The molecule has 1 aromatic carbocycles. The number of ether oxygens (including phenoxy) is 2. The van der Waals surface area contributed by atoms with Crippen molar-refractivity contribution in [1.29, 1.82) is 5.26 Å². The van der Waals surface area contributed by atoms with E-state index in [1.165, 1.54) is 0 Å². The van der Waals surface area contributed by atoms with Crippen LogP contribution in [0.25, 0.3) is 0 Å². The van der Waals surface area contributed by atoms with Gasteiger partial charge < -0.3 is 9.47 Å². The van der Waals surface area contributed by atoms with Gasteiger partial charge in [0.05, 0.1) is 10.0 Å². The van der Waals surface area contributed by atoms with Gasteiger partial charge in [0.1, 0.15) is 19.3 Å². The van der Waals surface area contributed by atoms with Gasteiger partial charge in [-0.25, -0.2) is 0 Å². The van der Waals surface area contributed by atoms with Crippen LogP contribution in [0.2, 0.25) is 0 Å². The molecule has 0 aromatic heterocycles. The zero-order valence-electron chi connectivity index (χ0n) is 6.71. The van der Waals surface area contributed by atoms with E-state index in [-0.39, 0.29) is 0 Å². The molecule has 1 aliphatic rings. The van der Waals surface area contributed by atoms with Crippen molar-refractivity contribution in [2.75, 3.05) is 13.2 Å². The van der Waals surface area contributed by atoms with Gasteiger partial charge in [-0.05, 0) is 28.1 Å². The summed E-state index contributed by atoms with van der Waals surface area (Å²) in [6, 6.07) is 5.52. The van der Waals surface area contributed by atoms with Gasteiger partial charge in [-0.1, -0.05) is 0 Å². The zero-order valence-corrected chi connectivity index (χ0v) is 8.30. The molecule has 0 atom stereocenters. The lowest BCUT2D eigenvalue weighted by molar-refractivity contribution is 0.170. The maximum Gasteiger partial charge on any atom is 0.176 e. The van der Waals surface area contributed by atoms with Crippen molar-refractivity contribution in [2.24, 2.45) is 0 Å². The monoisotopic (exact) mass is 239 g/mol. The van der Waals surface area contributed by atoms with Crippen LogP contribution in [-0.4, -0.2) is 13.2 Å². The summed E-state index contributed by atoms with van der Waals surface area (Å²) < 4.78 is 11.4. The Morgan fingerprint density at radius 3 is 2.85 bits per heavy atom. The molecular weight excluding hydrogens is 234 g/mol. The van der Waals surface area contributed by atoms with Gasteiger partial charge in [0.25, 0.3) is 0 Å². The van der Waals surface area contributed by atoms with Gasteiger partial charge in [-0.3, -0.25) is 0 Å². The first-order valence-electron chi connectivity index (χ1n) is 3.81. The zero-order chi connectivity index (χ0) is 9.26. The average Bonchev–Trinajstić information content (AvgIpc) is 2.19. The topological polar surface area (TPSA) is 42.2 Å². The molecule has 0 saturated heterocycles. The second kappa shape index (κ2) is 3.27. The van der Waals surface area contributed by atoms with Crippen LogP contribution in [0.1, 0.15) is 5.56 Å². The number of fused-ring (bicyclic) bond motifs is 1. The van der Waals surface area contributed by atoms with Crippen molar-refractivity contribution in [1.82, 2.24) is 0 Å². The molecule has 0 unspecified atom stereocenters. The van der Waals surface area contributed by atoms with Gasteiger partial charge in [0.2, 0.25) is 0 Å². The Balaban J connectivity index is 2.56. The molecule has 66 valence electrons. The first-order chi connectivity index (χ1) is 6.33. The normalized spacial score (nSPS) is 13.5. The summed E-state index contributed by atoms with van der Waals surface area (Å²) in [6.07, 6.45) is 0. The molecule has 0 spiro atoms. The van der Waals surface area contributed by atoms with E-state index in [0.29, 0.717) is 34.7 Å². The van der Waals surface area contributed by atoms with E-state index < -0.39 is 0 Å². The first-order valence-corrected chi connectivity index (χ1v) is 4.60. The summed E-state index contributed by atoms with van der Waals surface area (Å²) in [5.74, 6) is 1.32. The van der Waals surface area contributed by atoms with Crippen LogP contribution in [0.15, 0.2) is 16.6 Å². The molecule has 3 nitrogen and oxygen atoms in total. The van der Waals surface area contributed by atoms with Crippen LogP contribution in [0, 0.1) is 11.3 Å². The average molecular weight is 240 g/mol. The molecule has 0 amide bonds. The van der Waals surface area contributed by atoms with Crippen molar-refractivity contribution in [3.8, 4) is 17.6 Å². The smallest absolute Gasteiger partial charge is 0.176 e. The van der Waals surface area contributed by atoms with Crippen molar-refractivity contribution < 1.29 is 9.47 Å². The molecule has 0 aliphatic carbocycles. The van der Waals surface area contributed by atoms with Crippen molar-refractivity contribution >= 4 is 15.9 Å². The first kappa shape index (κ1) is 8.39. The Kier molecular flexibility index (Phi) is 2.11. The number of benzene rings is 1.